The van der Waals surface area contributed by atoms with Crippen molar-refractivity contribution in [2.75, 3.05) is 19.7 Å². The molecule has 128 valence electrons. The number of benzene rings is 1. The number of piperidine rings is 1. The molecule has 3 heterocycles. The van der Waals surface area contributed by atoms with Gasteiger partial charge in [-0.25, -0.2) is 4.79 Å². The number of rotatable bonds is 3. The van der Waals surface area contributed by atoms with Crippen LogP contribution in [0.5, 0.6) is 0 Å². The van der Waals surface area contributed by atoms with Crippen molar-refractivity contribution in [2.45, 2.75) is 31.2 Å². The molecule has 1 amide bonds. The Morgan fingerprint density at radius 2 is 1.88 bits per heavy atom. The molecule has 3 aliphatic heterocycles. The molecule has 0 unspecified atom stereocenters. The molecular weight excluding hydrogens is 310 g/mol. The van der Waals surface area contributed by atoms with E-state index in [1.165, 1.54) is 0 Å². The van der Waals surface area contributed by atoms with Crippen LogP contribution in [0.4, 0.5) is 4.79 Å². The molecule has 0 saturated carbocycles. The van der Waals surface area contributed by atoms with Gasteiger partial charge in [-0.2, -0.15) is 0 Å². The molecule has 1 aromatic carbocycles. The standard InChI is InChI=1S/C18H21NO5/c1-2-23-16(21)19-10-13-8-17(9-14(11-19)18(13,22)24-17)15(20)12-6-4-3-5-7-12/h3-7,13-14,22H,2,8-11H2,1H3/t13-,14-,17?,18?/m1/s1. The number of ketones is 1. The van der Waals surface area contributed by atoms with E-state index in [1.807, 2.05) is 18.2 Å². The average Bonchev–Trinajstić information content (AvgIpc) is 3.04. The largest absolute Gasteiger partial charge is 0.450 e. The average molecular weight is 331 g/mol. The maximum Gasteiger partial charge on any atom is 0.409 e. The molecule has 3 aliphatic rings. The first-order valence-corrected chi connectivity index (χ1v) is 8.42. The number of fused-ring (bicyclic) bond motifs is 1. The van der Waals surface area contributed by atoms with Crippen molar-refractivity contribution in [3.8, 4) is 0 Å². The fourth-order valence-electron chi connectivity index (χ4n) is 4.51. The van der Waals surface area contributed by atoms with Gasteiger partial charge < -0.3 is 19.5 Å². The van der Waals surface area contributed by atoms with Crippen LogP contribution in [-0.4, -0.2) is 53.0 Å². The minimum absolute atomic E-state index is 0.0730. The number of ether oxygens (including phenoxy) is 2. The van der Waals surface area contributed by atoms with Crippen LogP contribution in [0.15, 0.2) is 30.3 Å². The number of Topliss-reactive ketones (excluding diaryl/α,β-unsaturated/α-hetero) is 1. The third-order valence-corrected chi connectivity index (χ3v) is 5.54. The highest BCUT2D eigenvalue weighted by molar-refractivity contribution is 6.03. The molecule has 6 heteroatoms. The molecule has 1 N–H and O–H groups in total. The second-order valence-electron chi connectivity index (χ2n) is 6.95. The summed E-state index contributed by atoms with van der Waals surface area (Å²) in [7, 11) is 0. The Kier molecular flexibility index (Phi) is 3.44. The van der Waals surface area contributed by atoms with Crippen molar-refractivity contribution in [1.29, 1.82) is 0 Å². The summed E-state index contributed by atoms with van der Waals surface area (Å²) < 4.78 is 11.0. The molecule has 0 radical (unpaired) electrons. The van der Waals surface area contributed by atoms with E-state index in [2.05, 4.69) is 0 Å². The van der Waals surface area contributed by atoms with Crippen LogP contribution in [0.25, 0.3) is 0 Å². The number of hydrogen-bond donors (Lipinski definition) is 1. The number of carbonyl (C=O) groups excluding carboxylic acids is 2. The number of hydrogen-bond acceptors (Lipinski definition) is 5. The van der Waals surface area contributed by atoms with Gasteiger partial charge in [0.2, 0.25) is 0 Å². The van der Waals surface area contributed by atoms with E-state index in [9.17, 15) is 14.7 Å². The van der Waals surface area contributed by atoms with Gasteiger partial charge in [0.15, 0.2) is 11.6 Å². The highest BCUT2D eigenvalue weighted by atomic mass is 16.7. The zero-order valence-electron chi connectivity index (χ0n) is 13.6. The number of carbonyl (C=O) groups is 2. The fraction of sp³-hybridized carbons (Fsp3) is 0.556. The predicted octanol–water partition coefficient (Wildman–Crippen LogP) is 1.83. The Balaban J connectivity index is 1.58. The molecule has 2 atom stereocenters. The van der Waals surface area contributed by atoms with Gasteiger partial charge in [0.1, 0.15) is 5.60 Å². The van der Waals surface area contributed by atoms with Crippen molar-refractivity contribution in [3.63, 3.8) is 0 Å². The van der Waals surface area contributed by atoms with Gasteiger partial charge in [0.25, 0.3) is 0 Å². The summed E-state index contributed by atoms with van der Waals surface area (Å²) in [5.41, 5.74) is -0.365. The highest BCUT2D eigenvalue weighted by Gasteiger charge is 2.70. The first-order chi connectivity index (χ1) is 11.5. The summed E-state index contributed by atoms with van der Waals surface area (Å²) in [5, 5.41) is 11.0. The summed E-state index contributed by atoms with van der Waals surface area (Å²) in [6.07, 6.45) is 0.506. The third kappa shape index (κ3) is 2.09. The van der Waals surface area contributed by atoms with Gasteiger partial charge in [-0.05, 0) is 19.8 Å². The normalized spacial score (nSPS) is 36.7. The second-order valence-corrected chi connectivity index (χ2v) is 6.95. The fourth-order valence-corrected chi connectivity index (χ4v) is 4.51. The lowest BCUT2D eigenvalue weighted by atomic mass is 9.68. The predicted molar refractivity (Wildman–Crippen MR) is 84.3 cm³/mol. The molecule has 1 aromatic rings. The van der Waals surface area contributed by atoms with Gasteiger partial charge in [0.05, 0.1) is 6.61 Å². The van der Waals surface area contributed by atoms with E-state index in [-0.39, 0.29) is 23.7 Å². The minimum Gasteiger partial charge on any atom is -0.450 e. The monoisotopic (exact) mass is 331 g/mol. The quantitative estimate of drug-likeness (QED) is 0.855. The third-order valence-electron chi connectivity index (χ3n) is 5.54. The van der Waals surface area contributed by atoms with Crippen LogP contribution in [0.3, 0.4) is 0 Å². The molecule has 3 saturated heterocycles. The van der Waals surface area contributed by atoms with E-state index in [0.29, 0.717) is 38.1 Å². The molecular formula is C18H21NO5. The summed E-state index contributed by atoms with van der Waals surface area (Å²) in [4.78, 5) is 26.6. The Bertz CT molecular complexity index is 657. The lowest BCUT2D eigenvalue weighted by Crippen LogP contribution is -2.58. The Morgan fingerprint density at radius 3 is 2.46 bits per heavy atom. The van der Waals surface area contributed by atoms with Crippen LogP contribution < -0.4 is 0 Å². The molecule has 6 nitrogen and oxygen atoms in total. The van der Waals surface area contributed by atoms with Crippen molar-refractivity contribution in [1.82, 2.24) is 4.90 Å². The first kappa shape index (κ1) is 15.6. The zero-order valence-corrected chi connectivity index (χ0v) is 13.6. The maximum atomic E-state index is 13.0. The van der Waals surface area contributed by atoms with Crippen LogP contribution in [0.2, 0.25) is 0 Å². The van der Waals surface area contributed by atoms with Crippen LogP contribution >= 0.6 is 0 Å². The van der Waals surface area contributed by atoms with Gasteiger partial charge in [0, 0.05) is 30.5 Å². The van der Waals surface area contributed by atoms with Crippen molar-refractivity contribution >= 4 is 11.9 Å². The van der Waals surface area contributed by atoms with E-state index in [1.54, 1.807) is 24.0 Å². The Hall–Kier alpha value is -1.92. The number of amides is 1. The van der Waals surface area contributed by atoms with E-state index < -0.39 is 11.4 Å². The number of aliphatic hydroxyl groups is 1. The van der Waals surface area contributed by atoms with Gasteiger partial charge >= 0.3 is 6.09 Å². The molecule has 0 spiro atoms. The molecule has 4 rings (SSSR count). The number of nitrogens with zero attached hydrogens (tertiary/aromatic N) is 1. The molecule has 0 aromatic heterocycles. The Morgan fingerprint density at radius 1 is 1.25 bits per heavy atom. The first-order valence-electron chi connectivity index (χ1n) is 8.42. The maximum absolute atomic E-state index is 13.0. The van der Waals surface area contributed by atoms with Crippen LogP contribution in [0.1, 0.15) is 30.1 Å². The lowest BCUT2D eigenvalue weighted by molar-refractivity contribution is -0.228. The summed E-state index contributed by atoms with van der Waals surface area (Å²) >= 11 is 0. The minimum atomic E-state index is -1.31. The van der Waals surface area contributed by atoms with Crippen molar-refractivity contribution < 1.29 is 24.2 Å². The van der Waals surface area contributed by atoms with Crippen LogP contribution in [0, 0.1) is 11.8 Å². The van der Waals surface area contributed by atoms with E-state index >= 15 is 0 Å². The molecule has 2 bridgehead atoms. The smallest absolute Gasteiger partial charge is 0.409 e. The molecule has 24 heavy (non-hydrogen) atoms. The summed E-state index contributed by atoms with van der Waals surface area (Å²) in [6, 6.07) is 9.06. The van der Waals surface area contributed by atoms with E-state index in [4.69, 9.17) is 9.47 Å². The zero-order chi connectivity index (χ0) is 16.9. The van der Waals surface area contributed by atoms with Gasteiger partial charge in [-0.1, -0.05) is 30.3 Å². The van der Waals surface area contributed by atoms with Gasteiger partial charge in [-0.3, -0.25) is 4.79 Å². The highest BCUT2D eigenvalue weighted by Crippen LogP contribution is 2.59. The number of likely N-dealkylation sites (tertiary alicyclic amines) is 1. The topological polar surface area (TPSA) is 76.1 Å². The summed E-state index contributed by atoms with van der Waals surface area (Å²) in [6.45, 7) is 2.80. The Labute approximate surface area is 140 Å². The van der Waals surface area contributed by atoms with Crippen molar-refractivity contribution in [2.24, 2.45) is 11.8 Å². The molecule has 0 aliphatic carbocycles. The molecule has 3 fully saturated rings. The van der Waals surface area contributed by atoms with Crippen molar-refractivity contribution in [3.05, 3.63) is 35.9 Å². The second kappa shape index (κ2) is 5.29. The summed E-state index contributed by atoms with van der Waals surface area (Å²) in [5.74, 6) is -1.91. The van der Waals surface area contributed by atoms with Crippen LogP contribution in [-0.2, 0) is 9.47 Å². The van der Waals surface area contributed by atoms with E-state index in [0.717, 1.165) is 0 Å². The lowest BCUT2D eigenvalue weighted by Gasteiger charge is -2.44. The van der Waals surface area contributed by atoms with Gasteiger partial charge in [-0.15, -0.1) is 0 Å². The SMILES string of the molecule is CCOC(=O)N1C[C@H]2CC3(C(=O)c4ccccc4)C[C@H](C1)C2(O)O3.